The number of benzene rings is 1. The molecular weight excluding hydrogens is 280 g/mol. The Hall–Kier alpha value is -1.000. The molecule has 0 spiro atoms. The van der Waals surface area contributed by atoms with Crippen LogP contribution in [-0.4, -0.2) is 30.3 Å². The fourth-order valence-corrected chi connectivity index (χ4v) is 1.67. The lowest BCUT2D eigenvalue weighted by molar-refractivity contribution is 0.0917. The third-order valence-corrected chi connectivity index (χ3v) is 3.61. The summed E-state index contributed by atoms with van der Waals surface area (Å²) >= 11 is 11.4. The molecule has 0 heterocycles. The first kappa shape index (κ1) is 15.1. The quantitative estimate of drug-likeness (QED) is 0.848. The van der Waals surface area contributed by atoms with Crippen molar-refractivity contribution in [2.45, 2.75) is 12.5 Å². The largest absolute Gasteiger partial charge is 0.497 e. The second-order valence-corrected chi connectivity index (χ2v) is 4.66. The normalized spacial score (nSPS) is 11.2. The molecule has 0 atom stereocenters. The number of halogens is 3. The fraction of sp³-hybridized carbons (Fsp3) is 0.417. The van der Waals surface area contributed by atoms with Crippen molar-refractivity contribution in [3.8, 4) is 5.75 Å². The van der Waals surface area contributed by atoms with E-state index in [0.717, 1.165) is 6.07 Å². The van der Waals surface area contributed by atoms with Gasteiger partial charge in [0.1, 0.15) is 11.6 Å². The maximum Gasteiger partial charge on any atom is 0.254 e. The molecule has 1 rings (SSSR count). The summed E-state index contributed by atoms with van der Waals surface area (Å²) in [7, 11) is 1.42. The van der Waals surface area contributed by atoms with Crippen LogP contribution in [0, 0.1) is 5.82 Å². The van der Waals surface area contributed by atoms with Gasteiger partial charge in [0.25, 0.3) is 5.91 Å². The molecule has 0 saturated heterocycles. The number of nitrogens with one attached hydrogen (secondary N) is 1. The molecule has 6 heteroatoms. The minimum absolute atomic E-state index is 0.0720. The van der Waals surface area contributed by atoms with Crippen LogP contribution in [0.15, 0.2) is 18.2 Å². The lowest BCUT2D eigenvalue weighted by Gasteiger charge is -2.26. The van der Waals surface area contributed by atoms with Crippen molar-refractivity contribution in [1.29, 1.82) is 0 Å². The Labute approximate surface area is 115 Å². The standard InChI is InChI=1S/C12H14Cl2FNO2/c1-12(6-13,7-14)16-11(17)9-4-3-8(18-2)5-10(9)15/h3-5H,6-7H2,1-2H3,(H,16,17). The van der Waals surface area contributed by atoms with Crippen LogP contribution in [-0.2, 0) is 0 Å². The lowest BCUT2D eigenvalue weighted by atomic mass is 10.1. The molecule has 0 aliphatic rings. The Morgan fingerprint density at radius 2 is 2.06 bits per heavy atom. The molecular formula is C12H14Cl2FNO2. The van der Waals surface area contributed by atoms with Gasteiger partial charge in [0.15, 0.2) is 0 Å². The molecule has 0 unspecified atom stereocenters. The molecule has 0 aliphatic carbocycles. The summed E-state index contributed by atoms with van der Waals surface area (Å²) in [5, 5.41) is 2.60. The van der Waals surface area contributed by atoms with Gasteiger partial charge in [-0.25, -0.2) is 4.39 Å². The summed E-state index contributed by atoms with van der Waals surface area (Å²) in [6.45, 7) is 1.69. The molecule has 1 amide bonds. The summed E-state index contributed by atoms with van der Waals surface area (Å²) in [6, 6.07) is 4.01. The highest BCUT2D eigenvalue weighted by molar-refractivity contribution is 6.22. The van der Waals surface area contributed by atoms with Gasteiger partial charge in [-0.15, -0.1) is 23.2 Å². The van der Waals surface area contributed by atoms with Crippen LogP contribution in [0.1, 0.15) is 17.3 Å². The van der Waals surface area contributed by atoms with Gasteiger partial charge in [-0.1, -0.05) is 0 Å². The molecule has 1 N–H and O–H groups in total. The Morgan fingerprint density at radius 1 is 1.44 bits per heavy atom. The van der Waals surface area contributed by atoms with Crippen LogP contribution in [0.4, 0.5) is 4.39 Å². The Balaban J connectivity index is 2.91. The zero-order chi connectivity index (χ0) is 13.8. The fourth-order valence-electron chi connectivity index (χ4n) is 1.25. The molecule has 0 fully saturated rings. The summed E-state index contributed by atoms with van der Waals surface area (Å²) in [5.41, 5.74) is -0.843. The molecule has 0 bridgehead atoms. The van der Waals surface area contributed by atoms with Crippen LogP contribution in [0.5, 0.6) is 5.75 Å². The van der Waals surface area contributed by atoms with Gasteiger partial charge >= 0.3 is 0 Å². The predicted octanol–water partition coefficient (Wildman–Crippen LogP) is 2.80. The molecule has 0 aliphatic heterocycles. The van der Waals surface area contributed by atoms with E-state index in [1.807, 2.05) is 0 Å². The van der Waals surface area contributed by atoms with Crippen LogP contribution in [0.25, 0.3) is 0 Å². The van der Waals surface area contributed by atoms with Crippen LogP contribution < -0.4 is 10.1 Å². The van der Waals surface area contributed by atoms with E-state index in [4.69, 9.17) is 27.9 Å². The molecule has 18 heavy (non-hydrogen) atoms. The maximum atomic E-state index is 13.7. The van der Waals surface area contributed by atoms with Crippen LogP contribution in [0.3, 0.4) is 0 Å². The van der Waals surface area contributed by atoms with Crippen LogP contribution in [0.2, 0.25) is 0 Å². The van der Waals surface area contributed by atoms with E-state index >= 15 is 0 Å². The lowest BCUT2D eigenvalue weighted by Crippen LogP contribution is -2.49. The number of amides is 1. The highest BCUT2D eigenvalue weighted by Crippen LogP contribution is 2.17. The van der Waals surface area contributed by atoms with E-state index < -0.39 is 17.3 Å². The number of rotatable bonds is 5. The molecule has 0 radical (unpaired) electrons. The number of alkyl halides is 2. The summed E-state index contributed by atoms with van der Waals surface area (Å²) in [5.74, 6) is -0.584. The van der Waals surface area contributed by atoms with Gasteiger partial charge < -0.3 is 10.1 Å². The molecule has 0 saturated carbocycles. The van der Waals surface area contributed by atoms with Crippen molar-refractivity contribution >= 4 is 29.1 Å². The zero-order valence-corrected chi connectivity index (χ0v) is 11.6. The smallest absolute Gasteiger partial charge is 0.254 e. The second kappa shape index (κ2) is 6.25. The maximum absolute atomic E-state index is 13.7. The summed E-state index contributed by atoms with van der Waals surface area (Å²) in [4.78, 5) is 11.9. The van der Waals surface area contributed by atoms with Crippen molar-refractivity contribution in [1.82, 2.24) is 5.32 Å². The first-order valence-corrected chi connectivity index (χ1v) is 6.30. The zero-order valence-electron chi connectivity index (χ0n) is 10.1. The number of methoxy groups -OCH3 is 1. The third kappa shape index (κ3) is 3.50. The number of carbonyl (C=O) groups is 1. The minimum Gasteiger partial charge on any atom is -0.497 e. The average molecular weight is 294 g/mol. The van der Waals surface area contributed by atoms with Crippen molar-refractivity contribution in [3.63, 3.8) is 0 Å². The monoisotopic (exact) mass is 293 g/mol. The van der Waals surface area contributed by atoms with Crippen molar-refractivity contribution in [3.05, 3.63) is 29.6 Å². The first-order chi connectivity index (χ1) is 8.45. The van der Waals surface area contributed by atoms with Gasteiger partial charge in [-0.3, -0.25) is 4.79 Å². The van der Waals surface area contributed by atoms with E-state index in [2.05, 4.69) is 5.32 Å². The molecule has 1 aromatic rings. The van der Waals surface area contributed by atoms with E-state index in [0.29, 0.717) is 5.75 Å². The summed E-state index contributed by atoms with van der Waals surface area (Å²) in [6.07, 6.45) is 0. The molecule has 3 nitrogen and oxygen atoms in total. The second-order valence-electron chi connectivity index (χ2n) is 4.13. The minimum atomic E-state index is -0.771. The highest BCUT2D eigenvalue weighted by atomic mass is 35.5. The Kier molecular flexibility index (Phi) is 5.23. The van der Waals surface area contributed by atoms with Crippen molar-refractivity contribution < 1.29 is 13.9 Å². The van der Waals surface area contributed by atoms with E-state index in [1.165, 1.54) is 19.2 Å². The molecule has 1 aromatic carbocycles. The van der Waals surface area contributed by atoms with Crippen LogP contribution >= 0.6 is 23.2 Å². The predicted molar refractivity (Wildman–Crippen MR) is 70.3 cm³/mol. The number of ether oxygens (including phenoxy) is 1. The van der Waals surface area contributed by atoms with Gasteiger partial charge in [0.2, 0.25) is 0 Å². The van der Waals surface area contributed by atoms with E-state index in [1.54, 1.807) is 6.92 Å². The molecule has 100 valence electrons. The average Bonchev–Trinajstić information content (AvgIpc) is 2.38. The third-order valence-electron chi connectivity index (χ3n) is 2.43. The van der Waals surface area contributed by atoms with E-state index in [-0.39, 0.29) is 17.3 Å². The van der Waals surface area contributed by atoms with Gasteiger partial charge in [0, 0.05) is 17.8 Å². The topological polar surface area (TPSA) is 38.3 Å². The number of hydrogen-bond acceptors (Lipinski definition) is 2. The van der Waals surface area contributed by atoms with Crippen molar-refractivity contribution in [2.24, 2.45) is 0 Å². The number of hydrogen-bond donors (Lipinski definition) is 1. The highest BCUT2D eigenvalue weighted by Gasteiger charge is 2.26. The Morgan fingerprint density at radius 3 is 2.50 bits per heavy atom. The number of carbonyl (C=O) groups excluding carboxylic acids is 1. The van der Waals surface area contributed by atoms with Crippen molar-refractivity contribution in [2.75, 3.05) is 18.9 Å². The SMILES string of the molecule is COc1ccc(C(=O)NC(C)(CCl)CCl)c(F)c1. The Bertz CT molecular complexity index is 436. The first-order valence-electron chi connectivity index (χ1n) is 5.24. The van der Waals surface area contributed by atoms with Gasteiger partial charge in [-0.2, -0.15) is 0 Å². The van der Waals surface area contributed by atoms with Gasteiger partial charge in [-0.05, 0) is 19.1 Å². The van der Waals surface area contributed by atoms with Gasteiger partial charge in [0.05, 0.1) is 18.2 Å². The molecule has 0 aromatic heterocycles. The summed E-state index contributed by atoms with van der Waals surface area (Å²) < 4.78 is 18.5. The van der Waals surface area contributed by atoms with E-state index in [9.17, 15) is 9.18 Å².